The lowest BCUT2D eigenvalue weighted by Crippen LogP contribution is -2.44. The molecule has 1 aromatic carbocycles. The average molecular weight is 263 g/mol. The van der Waals surface area contributed by atoms with E-state index in [0.29, 0.717) is 19.5 Å². The van der Waals surface area contributed by atoms with Crippen LogP contribution in [-0.4, -0.2) is 29.3 Å². The summed E-state index contributed by atoms with van der Waals surface area (Å²) in [5.41, 5.74) is 11.9. The summed E-state index contributed by atoms with van der Waals surface area (Å²) in [6.45, 7) is 2.61. The number of benzene rings is 1. The first-order valence-electron chi connectivity index (χ1n) is 6.41. The van der Waals surface area contributed by atoms with Gasteiger partial charge in [-0.15, -0.1) is 0 Å². The van der Waals surface area contributed by atoms with Crippen LogP contribution in [-0.2, 0) is 16.1 Å². The van der Waals surface area contributed by atoms with E-state index in [1.165, 1.54) is 0 Å². The molecule has 2 amide bonds. The molecule has 1 atom stereocenters. The molecule has 0 aliphatic heterocycles. The van der Waals surface area contributed by atoms with Crippen LogP contribution in [0.5, 0.6) is 0 Å². The Morgan fingerprint density at radius 3 is 2.42 bits per heavy atom. The van der Waals surface area contributed by atoms with Gasteiger partial charge in [-0.25, -0.2) is 0 Å². The highest BCUT2D eigenvalue weighted by Crippen LogP contribution is 2.07. The molecule has 0 aromatic heterocycles. The second-order valence-corrected chi connectivity index (χ2v) is 4.48. The van der Waals surface area contributed by atoms with Gasteiger partial charge in [0.2, 0.25) is 11.8 Å². The summed E-state index contributed by atoms with van der Waals surface area (Å²) in [4.78, 5) is 24.6. The van der Waals surface area contributed by atoms with Crippen molar-refractivity contribution in [3.8, 4) is 0 Å². The smallest absolute Gasteiger partial charge is 0.239 e. The first-order chi connectivity index (χ1) is 9.04. The minimum Gasteiger partial charge on any atom is -0.370 e. The molecule has 5 heteroatoms. The van der Waals surface area contributed by atoms with Crippen molar-refractivity contribution in [3.05, 3.63) is 35.9 Å². The van der Waals surface area contributed by atoms with Crippen LogP contribution in [0.4, 0.5) is 0 Å². The Morgan fingerprint density at radius 2 is 1.89 bits per heavy atom. The van der Waals surface area contributed by atoms with Gasteiger partial charge in [0.25, 0.3) is 0 Å². The molecule has 0 radical (unpaired) electrons. The fraction of sp³-hybridized carbons (Fsp3) is 0.429. The molecule has 0 saturated heterocycles. The fourth-order valence-corrected chi connectivity index (χ4v) is 1.73. The van der Waals surface area contributed by atoms with Gasteiger partial charge in [-0.2, -0.15) is 0 Å². The van der Waals surface area contributed by atoms with Crippen LogP contribution in [0.3, 0.4) is 0 Å². The molecule has 104 valence electrons. The largest absolute Gasteiger partial charge is 0.370 e. The molecule has 0 unspecified atom stereocenters. The summed E-state index contributed by atoms with van der Waals surface area (Å²) in [7, 11) is 0. The summed E-state index contributed by atoms with van der Waals surface area (Å²) in [6.07, 6.45) is 0.718. The second kappa shape index (κ2) is 7.53. The first kappa shape index (κ1) is 15.2. The molecule has 0 saturated carbocycles. The number of primary amides is 1. The van der Waals surface area contributed by atoms with Gasteiger partial charge in [0.05, 0.1) is 6.04 Å². The summed E-state index contributed by atoms with van der Waals surface area (Å²) in [6, 6.07) is 9.06. The van der Waals surface area contributed by atoms with Crippen molar-refractivity contribution in [3.63, 3.8) is 0 Å². The molecular formula is C14H21N3O2. The van der Waals surface area contributed by atoms with Crippen molar-refractivity contribution < 1.29 is 9.59 Å². The predicted molar refractivity (Wildman–Crippen MR) is 73.9 cm³/mol. The lowest BCUT2D eigenvalue weighted by Gasteiger charge is -2.25. The van der Waals surface area contributed by atoms with E-state index in [1.807, 2.05) is 37.3 Å². The summed E-state index contributed by atoms with van der Waals surface area (Å²) in [5.74, 6) is -0.566. The van der Waals surface area contributed by atoms with Gasteiger partial charge in [-0.3, -0.25) is 9.59 Å². The van der Waals surface area contributed by atoms with Gasteiger partial charge < -0.3 is 16.4 Å². The number of hydrogen-bond acceptors (Lipinski definition) is 3. The van der Waals surface area contributed by atoms with Gasteiger partial charge in [-0.05, 0) is 12.0 Å². The maximum Gasteiger partial charge on any atom is 0.239 e. The Morgan fingerprint density at radius 1 is 1.26 bits per heavy atom. The lowest BCUT2D eigenvalue weighted by atomic mass is 10.1. The maximum absolute atomic E-state index is 12.1. The molecule has 1 aromatic rings. The van der Waals surface area contributed by atoms with Gasteiger partial charge >= 0.3 is 0 Å². The Labute approximate surface area is 113 Å². The predicted octanol–water partition coefficient (Wildman–Crippen LogP) is 0.628. The summed E-state index contributed by atoms with van der Waals surface area (Å²) in [5, 5.41) is 0. The zero-order chi connectivity index (χ0) is 14.3. The van der Waals surface area contributed by atoms with Crippen LogP contribution >= 0.6 is 0 Å². The van der Waals surface area contributed by atoms with Crippen LogP contribution in [0.25, 0.3) is 0 Å². The number of carbonyl (C=O) groups excluding carboxylic acids is 2. The minimum atomic E-state index is -0.531. The zero-order valence-electron chi connectivity index (χ0n) is 11.2. The third-order valence-corrected chi connectivity index (χ3v) is 2.91. The molecule has 19 heavy (non-hydrogen) atoms. The Kier molecular flexibility index (Phi) is 6.02. The monoisotopic (exact) mass is 263 g/mol. The topological polar surface area (TPSA) is 89.4 Å². The molecule has 0 heterocycles. The molecule has 0 spiro atoms. The van der Waals surface area contributed by atoms with Crippen molar-refractivity contribution in [2.75, 3.05) is 6.54 Å². The number of nitrogens with two attached hydrogens (primary N) is 2. The molecule has 4 N–H and O–H groups in total. The van der Waals surface area contributed by atoms with Crippen LogP contribution in [0.15, 0.2) is 30.3 Å². The highest BCUT2D eigenvalue weighted by Gasteiger charge is 2.20. The van der Waals surface area contributed by atoms with Crippen molar-refractivity contribution in [2.24, 2.45) is 11.5 Å². The van der Waals surface area contributed by atoms with E-state index >= 15 is 0 Å². The van der Waals surface area contributed by atoms with Crippen molar-refractivity contribution in [2.45, 2.75) is 32.4 Å². The van der Waals surface area contributed by atoms with Gasteiger partial charge in [0.15, 0.2) is 0 Å². The highest BCUT2D eigenvalue weighted by atomic mass is 16.2. The molecule has 5 nitrogen and oxygen atoms in total. The molecule has 0 bridgehead atoms. The molecule has 0 aliphatic rings. The third-order valence-electron chi connectivity index (χ3n) is 2.91. The number of rotatable bonds is 7. The normalized spacial score (nSPS) is 11.9. The second-order valence-electron chi connectivity index (χ2n) is 4.48. The minimum absolute atomic E-state index is 0.146. The lowest BCUT2D eigenvalue weighted by molar-refractivity contribution is -0.133. The van der Waals surface area contributed by atoms with E-state index in [2.05, 4.69) is 0 Å². The van der Waals surface area contributed by atoms with Crippen molar-refractivity contribution in [1.82, 2.24) is 4.90 Å². The molecule has 1 rings (SSSR count). The number of carbonyl (C=O) groups is 2. The van der Waals surface area contributed by atoms with E-state index in [1.54, 1.807) is 4.90 Å². The van der Waals surface area contributed by atoms with Crippen LogP contribution < -0.4 is 11.5 Å². The van der Waals surface area contributed by atoms with Gasteiger partial charge in [0.1, 0.15) is 0 Å². The third kappa shape index (κ3) is 5.09. The average Bonchev–Trinajstić information content (AvgIpc) is 2.42. The summed E-state index contributed by atoms with van der Waals surface area (Å²) < 4.78 is 0. The Bertz CT molecular complexity index is 420. The first-order valence-corrected chi connectivity index (χ1v) is 6.41. The molecule has 0 aliphatic carbocycles. The molecular weight excluding hydrogens is 242 g/mol. The van der Waals surface area contributed by atoms with E-state index < -0.39 is 11.9 Å². The maximum atomic E-state index is 12.1. The molecule has 0 fully saturated rings. The number of nitrogens with zero attached hydrogens (tertiary/aromatic N) is 1. The number of amides is 2. The quantitative estimate of drug-likeness (QED) is 0.756. The van der Waals surface area contributed by atoms with Crippen molar-refractivity contribution in [1.29, 1.82) is 0 Å². The standard InChI is InChI=1S/C14H21N3O2/c1-2-12(15)14(19)17(9-8-13(16)18)10-11-6-4-3-5-7-11/h3-7,12H,2,8-10,15H2,1H3,(H2,16,18)/t12-/m1/s1. The van der Waals surface area contributed by atoms with E-state index in [4.69, 9.17) is 11.5 Å². The van der Waals surface area contributed by atoms with Crippen LogP contribution in [0.1, 0.15) is 25.3 Å². The van der Waals surface area contributed by atoms with E-state index in [0.717, 1.165) is 5.56 Å². The SMILES string of the molecule is CC[C@@H](N)C(=O)N(CCC(N)=O)Cc1ccccc1. The van der Waals surface area contributed by atoms with Gasteiger partial charge in [-0.1, -0.05) is 37.3 Å². The fourth-order valence-electron chi connectivity index (χ4n) is 1.73. The number of hydrogen-bond donors (Lipinski definition) is 2. The Hall–Kier alpha value is -1.88. The van der Waals surface area contributed by atoms with Crippen LogP contribution in [0.2, 0.25) is 0 Å². The summed E-state index contributed by atoms with van der Waals surface area (Å²) >= 11 is 0. The highest BCUT2D eigenvalue weighted by molar-refractivity contribution is 5.82. The van der Waals surface area contributed by atoms with Crippen molar-refractivity contribution >= 4 is 11.8 Å². The van der Waals surface area contributed by atoms with Crippen LogP contribution in [0, 0.1) is 0 Å². The van der Waals surface area contributed by atoms with Gasteiger partial charge in [0, 0.05) is 19.5 Å². The zero-order valence-corrected chi connectivity index (χ0v) is 11.2. The van der Waals surface area contributed by atoms with E-state index in [-0.39, 0.29) is 12.3 Å². The van der Waals surface area contributed by atoms with E-state index in [9.17, 15) is 9.59 Å². The Balaban J connectivity index is 2.74.